The second-order valence-corrected chi connectivity index (χ2v) is 4.96. The lowest BCUT2D eigenvalue weighted by atomic mass is 10.0. The van der Waals surface area contributed by atoms with Gasteiger partial charge in [0.2, 0.25) is 5.43 Å². The molecule has 0 radical (unpaired) electrons. The van der Waals surface area contributed by atoms with Crippen molar-refractivity contribution in [3.8, 4) is 11.1 Å². The quantitative estimate of drug-likeness (QED) is 0.929. The topological polar surface area (TPSA) is 65.1 Å². The molecule has 2 aromatic rings. The van der Waals surface area contributed by atoms with Crippen molar-refractivity contribution < 1.29 is 9.18 Å². The molecule has 0 aliphatic heterocycles. The minimum atomic E-state index is -0.742. The van der Waals surface area contributed by atoms with Gasteiger partial charge in [-0.25, -0.2) is 4.39 Å². The Kier molecular flexibility index (Phi) is 2.89. The number of carbonyl (C=O) groups is 1. The van der Waals surface area contributed by atoms with E-state index in [1.54, 1.807) is 6.20 Å². The molecule has 1 heterocycles. The van der Waals surface area contributed by atoms with Crippen molar-refractivity contribution in [3.63, 3.8) is 0 Å². The summed E-state index contributed by atoms with van der Waals surface area (Å²) in [6.45, 7) is 0. The molecule has 0 spiro atoms. The summed E-state index contributed by atoms with van der Waals surface area (Å²) in [5.41, 5.74) is 5.76. The fraction of sp³-hybridized carbons (Fsp3) is 0.200. The zero-order valence-electron chi connectivity index (χ0n) is 10.7. The largest absolute Gasteiger partial charge is 0.365 e. The number of halogens is 1. The number of nitrogens with zero attached hydrogens (tertiary/aromatic N) is 1. The van der Waals surface area contributed by atoms with Gasteiger partial charge >= 0.3 is 0 Å². The van der Waals surface area contributed by atoms with Crippen LogP contribution in [0.3, 0.4) is 0 Å². The minimum absolute atomic E-state index is 0.0290. The maximum atomic E-state index is 13.0. The van der Waals surface area contributed by atoms with E-state index in [2.05, 4.69) is 0 Å². The average Bonchev–Trinajstić information content (AvgIpc) is 3.24. The summed E-state index contributed by atoms with van der Waals surface area (Å²) in [5, 5.41) is 0. The van der Waals surface area contributed by atoms with Crippen LogP contribution in [0.25, 0.3) is 11.1 Å². The van der Waals surface area contributed by atoms with Crippen molar-refractivity contribution in [3.05, 3.63) is 58.3 Å². The molecule has 1 amide bonds. The molecule has 0 saturated heterocycles. The maximum Gasteiger partial charge on any atom is 0.254 e. The fourth-order valence-corrected chi connectivity index (χ4v) is 2.19. The molecule has 1 fully saturated rings. The highest BCUT2D eigenvalue weighted by atomic mass is 19.1. The SMILES string of the molecule is NC(=O)c1cn(C2CC2)cc(-c2ccc(F)cc2)c1=O. The van der Waals surface area contributed by atoms with Crippen LogP contribution in [0, 0.1) is 5.82 Å². The number of hydrogen-bond donors (Lipinski definition) is 1. The molecule has 102 valence electrons. The van der Waals surface area contributed by atoms with Crippen LogP contribution < -0.4 is 11.2 Å². The van der Waals surface area contributed by atoms with Crippen LogP contribution in [-0.4, -0.2) is 10.5 Å². The van der Waals surface area contributed by atoms with Crippen molar-refractivity contribution in [1.82, 2.24) is 4.57 Å². The lowest BCUT2D eigenvalue weighted by Crippen LogP contribution is -2.24. The Bertz CT molecular complexity index is 731. The Hall–Kier alpha value is -2.43. The summed E-state index contributed by atoms with van der Waals surface area (Å²) < 4.78 is 14.8. The standard InChI is InChI=1S/C15H13FN2O2/c16-10-3-1-9(2-4-10)12-7-18(11-5-6-11)8-13(14(12)19)15(17)20/h1-4,7-8,11H,5-6H2,(H2,17,20). The van der Waals surface area contributed by atoms with E-state index in [1.165, 1.54) is 30.5 Å². The van der Waals surface area contributed by atoms with Crippen molar-refractivity contribution in [2.45, 2.75) is 18.9 Å². The van der Waals surface area contributed by atoms with Crippen molar-refractivity contribution in [2.75, 3.05) is 0 Å². The molecule has 0 unspecified atom stereocenters. The molecule has 3 rings (SSSR count). The lowest BCUT2D eigenvalue weighted by molar-refractivity contribution is 0.0998. The summed E-state index contributed by atoms with van der Waals surface area (Å²) in [5.74, 6) is -1.12. The van der Waals surface area contributed by atoms with E-state index in [-0.39, 0.29) is 11.4 Å². The molecule has 1 aromatic heterocycles. The first-order chi connectivity index (χ1) is 9.56. The molecular weight excluding hydrogens is 259 g/mol. The number of nitrogens with two attached hydrogens (primary N) is 1. The number of aromatic nitrogens is 1. The number of hydrogen-bond acceptors (Lipinski definition) is 2. The number of rotatable bonds is 3. The second-order valence-electron chi connectivity index (χ2n) is 4.96. The molecule has 5 heteroatoms. The van der Waals surface area contributed by atoms with Crippen LogP contribution in [0.1, 0.15) is 29.2 Å². The van der Waals surface area contributed by atoms with Gasteiger partial charge in [-0.3, -0.25) is 9.59 Å². The smallest absolute Gasteiger partial charge is 0.254 e. The second kappa shape index (κ2) is 4.59. The first kappa shape index (κ1) is 12.6. The number of amides is 1. The van der Waals surface area contributed by atoms with Crippen molar-refractivity contribution >= 4 is 5.91 Å². The van der Waals surface area contributed by atoms with Crippen LogP contribution in [-0.2, 0) is 0 Å². The van der Waals surface area contributed by atoms with E-state index in [4.69, 9.17) is 5.73 Å². The van der Waals surface area contributed by atoms with E-state index < -0.39 is 11.3 Å². The third-order valence-electron chi connectivity index (χ3n) is 3.43. The zero-order chi connectivity index (χ0) is 14.3. The number of pyridine rings is 1. The van der Waals surface area contributed by atoms with Gasteiger partial charge in [-0.2, -0.15) is 0 Å². The summed E-state index contributed by atoms with van der Waals surface area (Å²) in [6.07, 6.45) is 5.25. The van der Waals surface area contributed by atoms with Gasteiger partial charge in [0.25, 0.3) is 5.91 Å². The maximum absolute atomic E-state index is 13.0. The third kappa shape index (κ3) is 2.22. The highest BCUT2D eigenvalue weighted by molar-refractivity contribution is 5.93. The number of benzene rings is 1. The Morgan fingerprint density at radius 2 is 1.85 bits per heavy atom. The summed E-state index contributed by atoms with van der Waals surface area (Å²) in [4.78, 5) is 23.7. The molecule has 1 aliphatic carbocycles. The summed E-state index contributed by atoms with van der Waals surface area (Å²) in [6, 6.07) is 5.93. The predicted octanol–water partition coefficient (Wildman–Crippen LogP) is 2.09. The van der Waals surface area contributed by atoms with Gasteiger partial charge in [-0.05, 0) is 30.5 Å². The van der Waals surface area contributed by atoms with Crippen molar-refractivity contribution in [1.29, 1.82) is 0 Å². The molecular formula is C15H13FN2O2. The Labute approximate surface area is 114 Å². The van der Waals surface area contributed by atoms with Gasteiger partial charge in [0.15, 0.2) is 0 Å². The molecule has 1 saturated carbocycles. The summed E-state index contributed by atoms with van der Waals surface area (Å²) >= 11 is 0. The van der Waals surface area contributed by atoms with E-state index in [1.807, 2.05) is 4.57 Å². The Morgan fingerprint density at radius 3 is 2.40 bits per heavy atom. The fourth-order valence-electron chi connectivity index (χ4n) is 2.19. The molecule has 20 heavy (non-hydrogen) atoms. The van der Waals surface area contributed by atoms with E-state index in [9.17, 15) is 14.0 Å². The van der Waals surface area contributed by atoms with Crippen LogP contribution in [0.5, 0.6) is 0 Å². The zero-order valence-corrected chi connectivity index (χ0v) is 10.7. The molecule has 4 nitrogen and oxygen atoms in total. The molecule has 1 aromatic carbocycles. The number of primary amides is 1. The Morgan fingerprint density at radius 1 is 1.20 bits per heavy atom. The minimum Gasteiger partial charge on any atom is -0.365 e. The van der Waals surface area contributed by atoms with Gasteiger partial charge in [0.1, 0.15) is 11.4 Å². The highest BCUT2D eigenvalue weighted by Gasteiger charge is 2.25. The van der Waals surface area contributed by atoms with Crippen LogP contribution >= 0.6 is 0 Å². The van der Waals surface area contributed by atoms with E-state index in [0.717, 1.165) is 12.8 Å². The Balaban J connectivity index is 2.20. The highest BCUT2D eigenvalue weighted by Crippen LogP contribution is 2.35. The van der Waals surface area contributed by atoms with Crippen LogP contribution in [0.4, 0.5) is 4.39 Å². The van der Waals surface area contributed by atoms with E-state index in [0.29, 0.717) is 17.2 Å². The average molecular weight is 272 g/mol. The predicted molar refractivity (Wildman–Crippen MR) is 72.9 cm³/mol. The normalized spacial score (nSPS) is 14.2. The van der Waals surface area contributed by atoms with Gasteiger partial charge in [0.05, 0.1) is 0 Å². The first-order valence-corrected chi connectivity index (χ1v) is 6.38. The van der Waals surface area contributed by atoms with Crippen molar-refractivity contribution in [2.24, 2.45) is 5.73 Å². The van der Waals surface area contributed by atoms with E-state index >= 15 is 0 Å². The molecule has 0 atom stereocenters. The monoisotopic (exact) mass is 272 g/mol. The lowest BCUT2D eigenvalue weighted by Gasteiger charge is -2.10. The number of carbonyl (C=O) groups excluding carboxylic acids is 1. The third-order valence-corrected chi connectivity index (χ3v) is 3.43. The van der Waals surface area contributed by atoms with Gasteiger partial charge in [-0.15, -0.1) is 0 Å². The first-order valence-electron chi connectivity index (χ1n) is 6.38. The molecule has 2 N–H and O–H groups in total. The van der Waals surface area contributed by atoms with Crippen LogP contribution in [0.15, 0.2) is 41.5 Å². The van der Waals surface area contributed by atoms with Gasteiger partial charge in [-0.1, -0.05) is 12.1 Å². The van der Waals surface area contributed by atoms with Gasteiger partial charge < -0.3 is 10.3 Å². The van der Waals surface area contributed by atoms with Gasteiger partial charge in [0, 0.05) is 24.0 Å². The summed E-state index contributed by atoms with van der Waals surface area (Å²) in [7, 11) is 0. The molecule has 1 aliphatic rings. The van der Waals surface area contributed by atoms with Crippen LogP contribution in [0.2, 0.25) is 0 Å². The molecule has 0 bridgehead atoms.